The smallest absolute Gasteiger partial charge is 0.244 e. The van der Waals surface area contributed by atoms with Gasteiger partial charge in [-0.15, -0.1) is 0 Å². The zero-order valence-corrected chi connectivity index (χ0v) is 15.0. The topological polar surface area (TPSA) is 76.0 Å². The molecule has 1 heterocycles. The van der Waals surface area contributed by atoms with E-state index >= 15 is 0 Å². The van der Waals surface area contributed by atoms with Crippen LogP contribution in [-0.4, -0.2) is 27.9 Å². The molecule has 6 heteroatoms. The number of nitrogens with zero attached hydrogens (tertiary/aromatic N) is 2. The van der Waals surface area contributed by atoms with E-state index in [1.54, 1.807) is 0 Å². The summed E-state index contributed by atoms with van der Waals surface area (Å²) in [4.78, 5) is 28.3. The zero-order valence-electron chi connectivity index (χ0n) is 15.0. The van der Waals surface area contributed by atoms with E-state index in [1.165, 1.54) is 6.92 Å². The number of amides is 2. The number of carbonyl (C=O) groups excluding carboxylic acids is 2. The van der Waals surface area contributed by atoms with E-state index in [1.807, 2.05) is 60.0 Å². The molecule has 0 saturated heterocycles. The van der Waals surface area contributed by atoms with E-state index in [0.717, 1.165) is 28.1 Å². The van der Waals surface area contributed by atoms with E-state index in [4.69, 9.17) is 0 Å². The van der Waals surface area contributed by atoms with Crippen LogP contribution in [0.4, 0.5) is 5.69 Å². The van der Waals surface area contributed by atoms with Crippen LogP contribution in [0.1, 0.15) is 18.3 Å². The number of anilines is 1. The van der Waals surface area contributed by atoms with Gasteiger partial charge in [-0.3, -0.25) is 9.59 Å². The van der Waals surface area contributed by atoms with Crippen LogP contribution in [0.5, 0.6) is 0 Å². The maximum atomic E-state index is 12.6. The summed E-state index contributed by atoms with van der Waals surface area (Å²) in [6.45, 7) is 4.10. The van der Waals surface area contributed by atoms with E-state index in [9.17, 15) is 9.59 Å². The van der Waals surface area contributed by atoms with Gasteiger partial charge in [0, 0.05) is 25.6 Å². The lowest BCUT2D eigenvalue weighted by Gasteiger charge is -2.11. The maximum absolute atomic E-state index is 12.6. The number of nitrogens with one attached hydrogen (secondary N) is 2. The number of carbonyl (C=O) groups is 2. The van der Waals surface area contributed by atoms with Gasteiger partial charge < -0.3 is 15.2 Å². The Balaban J connectivity index is 1.82. The van der Waals surface area contributed by atoms with Crippen LogP contribution in [0.25, 0.3) is 11.0 Å². The predicted molar refractivity (Wildman–Crippen MR) is 102 cm³/mol. The number of para-hydroxylation sites is 3. The molecule has 3 rings (SSSR count). The molecule has 1 aromatic heterocycles. The number of hydrogen-bond donors (Lipinski definition) is 2. The van der Waals surface area contributed by atoms with Crippen molar-refractivity contribution in [3.05, 3.63) is 59.9 Å². The molecular weight excluding hydrogens is 328 g/mol. The van der Waals surface area contributed by atoms with Gasteiger partial charge in [0.15, 0.2) is 0 Å². The van der Waals surface area contributed by atoms with Crippen LogP contribution >= 0.6 is 0 Å². The van der Waals surface area contributed by atoms with Crippen LogP contribution < -0.4 is 10.6 Å². The number of rotatable bonds is 6. The number of aryl methyl sites for hydroxylation is 1. The molecule has 0 fully saturated rings. The average molecular weight is 350 g/mol. The summed E-state index contributed by atoms with van der Waals surface area (Å²) in [7, 11) is 0. The minimum Gasteiger partial charge on any atom is -0.356 e. The molecule has 0 aliphatic carbocycles. The molecule has 134 valence electrons. The lowest BCUT2D eigenvalue weighted by molar-refractivity contribution is -0.119. The number of hydrogen-bond acceptors (Lipinski definition) is 3. The molecule has 0 atom stereocenters. The van der Waals surface area contributed by atoms with Gasteiger partial charge in [-0.25, -0.2) is 4.98 Å². The zero-order chi connectivity index (χ0) is 18.5. The van der Waals surface area contributed by atoms with Crippen molar-refractivity contribution in [2.45, 2.75) is 26.8 Å². The average Bonchev–Trinajstić information content (AvgIpc) is 2.94. The highest BCUT2D eigenvalue weighted by Gasteiger charge is 2.14. The maximum Gasteiger partial charge on any atom is 0.244 e. The van der Waals surface area contributed by atoms with E-state index in [0.29, 0.717) is 13.0 Å². The van der Waals surface area contributed by atoms with Crippen molar-refractivity contribution in [3.8, 4) is 0 Å². The molecule has 26 heavy (non-hydrogen) atoms. The highest BCUT2D eigenvalue weighted by molar-refractivity contribution is 5.92. The molecule has 0 spiro atoms. The van der Waals surface area contributed by atoms with Crippen LogP contribution in [-0.2, 0) is 22.6 Å². The molecule has 2 N–H and O–H groups in total. The third-order valence-corrected chi connectivity index (χ3v) is 4.18. The van der Waals surface area contributed by atoms with Crippen LogP contribution in [0.15, 0.2) is 48.5 Å². The first-order chi connectivity index (χ1) is 12.5. The van der Waals surface area contributed by atoms with E-state index in [2.05, 4.69) is 15.6 Å². The summed E-state index contributed by atoms with van der Waals surface area (Å²) < 4.78 is 1.91. The van der Waals surface area contributed by atoms with Gasteiger partial charge >= 0.3 is 0 Å². The molecule has 0 aliphatic rings. The fourth-order valence-corrected chi connectivity index (χ4v) is 2.89. The normalized spacial score (nSPS) is 10.7. The minimum atomic E-state index is -0.108. The van der Waals surface area contributed by atoms with Crippen molar-refractivity contribution in [2.75, 3.05) is 11.9 Å². The third kappa shape index (κ3) is 4.08. The summed E-state index contributed by atoms with van der Waals surface area (Å²) in [6, 6.07) is 15.4. The summed E-state index contributed by atoms with van der Waals surface area (Å²) in [5, 5.41) is 5.73. The Labute approximate surface area is 152 Å². The first-order valence-electron chi connectivity index (χ1n) is 8.58. The van der Waals surface area contributed by atoms with Crippen molar-refractivity contribution >= 4 is 28.5 Å². The monoisotopic (exact) mass is 350 g/mol. The number of fused-ring (bicyclic) bond motifs is 1. The third-order valence-electron chi connectivity index (χ3n) is 4.18. The highest BCUT2D eigenvalue weighted by atomic mass is 16.2. The predicted octanol–water partition coefficient (Wildman–Crippen LogP) is 2.66. The lowest BCUT2D eigenvalue weighted by atomic mass is 10.2. The molecule has 0 bridgehead atoms. The Morgan fingerprint density at radius 2 is 1.81 bits per heavy atom. The standard InChI is InChI=1S/C20H22N4O2/c1-14-7-3-4-8-16(14)23-20(26)13-24-18-10-6-5-9-17(18)22-19(24)11-12-21-15(2)25/h3-10H,11-13H2,1-2H3,(H,21,25)(H,23,26). The van der Waals surface area contributed by atoms with Gasteiger partial charge in [-0.2, -0.15) is 0 Å². The van der Waals surface area contributed by atoms with Gasteiger partial charge in [-0.05, 0) is 30.7 Å². The van der Waals surface area contributed by atoms with Gasteiger partial charge in [-0.1, -0.05) is 30.3 Å². The van der Waals surface area contributed by atoms with Crippen molar-refractivity contribution in [2.24, 2.45) is 0 Å². The largest absolute Gasteiger partial charge is 0.356 e. The second-order valence-electron chi connectivity index (χ2n) is 6.20. The molecule has 0 aliphatic heterocycles. The Morgan fingerprint density at radius 1 is 1.08 bits per heavy atom. The number of benzene rings is 2. The Morgan fingerprint density at radius 3 is 2.58 bits per heavy atom. The van der Waals surface area contributed by atoms with Crippen molar-refractivity contribution < 1.29 is 9.59 Å². The van der Waals surface area contributed by atoms with Crippen LogP contribution in [0.2, 0.25) is 0 Å². The molecule has 0 saturated carbocycles. The molecule has 2 amide bonds. The van der Waals surface area contributed by atoms with E-state index < -0.39 is 0 Å². The van der Waals surface area contributed by atoms with Gasteiger partial charge in [0.05, 0.1) is 11.0 Å². The lowest BCUT2D eigenvalue weighted by Crippen LogP contribution is -2.25. The van der Waals surface area contributed by atoms with Gasteiger partial charge in [0.25, 0.3) is 0 Å². The Bertz CT molecular complexity index is 946. The molecule has 6 nitrogen and oxygen atoms in total. The molecular formula is C20H22N4O2. The first kappa shape index (κ1) is 17.7. The number of aromatic nitrogens is 2. The summed E-state index contributed by atoms with van der Waals surface area (Å²) >= 11 is 0. The summed E-state index contributed by atoms with van der Waals surface area (Å²) in [5.41, 5.74) is 3.57. The Hall–Kier alpha value is -3.15. The van der Waals surface area contributed by atoms with Gasteiger partial charge in [0.1, 0.15) is 12.4 Å². The molecule has 0 radical (unpaired) electrons. The van der Waals surface area contributed by atoms with E-state index in [-0.39, 0.29) is 18.4 Å². The molecule has 2 aromatic carbocycles. The van der Waals surface area contributed by atoms with Gasteiger partial charge in [0.2, 0.25) is 11.8 Å². The Kier molecular flexibility index (Phi) is 5.31. The van der Waals surface area contributed by atoms with Crippen LogP contribution in [0.3, 0.4) is 0 Å². The SMILES string of the molecule is CC(=O)NCCc1nc2ccccc2n1CC(=O)Nc1ccccc1C. The fourth-order valence-electron chi connectivity index (χ4n) is 2.89. The van der Waals surface area contributed by atoms with Crippen molar-refractivity contribution in [1.29, 1.82) is 0 Å². The second-order valence-corrected chi connectivity index (χ2v) is 6.20. The number of imidazole rings is 1. The molecule has 0 unspecified atom stereocenters. The van der Waals surface area contributed by atoms with Crippen molar-refractivity contribution in [1.82, 2.24) is 14.9 Å². The second kappa shape index (κ2) is 7.82. The highest BCUT2D eigenvalue weighted by Crippen LogP contribution is 2.18. The van der Waals surface area contributed by atoms with Crippen LogP contribution in [0, 0.1) is 6.92 Å². The first-order valence-corrected chi connectivity index (χ1v) is 8.58. The molecule has 3 aromatic rings. The van der Waals surface area contributed by atoms with Crippen molar-refractivity contribution in [3.63, 3.8) is 0 Å². The fraction of sp³-hybridized carbons (Fsp3) is 0.250. The summed E-state index contributed by atoms with van der Waals surface area (Å²) in [6.07, 6.45) is 0.561. The minimum absolute atomic E-state index is 0.0787. The summed E-state index contributed by atoms with van der Waals surface area (Å²) in [5.74, 6) is 0.591. The quantitative estimate of drug-likeness (QED) is 0.718.